The van der Waals surface area contributed by atoms with Gasteiger partial charge in [-0.15, -0.1) is 0 Å². The van der Waals surface area contributed by atoms with E-state index in [0.717, 1.165) is 16.7 Å². The lowest BCUT2D eigenvalue weighted by atomic mass is 10.1. The molecule has 0 spiro atoms. The summed E-state index contributed by atoms with van der Waals surface area (Å²) in [7, 11) is 1.77. The Kier molecular flexibility index (Phi) is 3.84. The van der Waals surface area contributed by atoms with E-state index in [2.05, 4.69) is 16.0 Å². The summed E-state index contributed by atoms with van der Waals surface area (Å²) in [5.74, 6) is -0.125. The van der Waals surface area contributed by atoms with Crippen molar-refractivity contribution in [3.8, 4) is 0 Å². The molecule has 0 radical (unpaired) electrons. The van der Waals surface area contributed by atoms with E-state index >= 15 is 0 Å². The molecule has 2 aromatic rings. The monoisotopic (exact) mass is 350 g/mol. The maximum absolute atomic E-state index is 12.2. The van der Waals surface area contributed by atoms with Crippen LogP contribution in [0.5, 0.6) is 0 Å². The van der Waals surface area contributed by atoms with E-state index in [1.54, 1.807) is 30.1 Å². The van der Waals surface area contributed by atoms with Crippen LogP contribution in [0.25, 0.3) is 0 Å². The van der Waals surface area contributed by atoms with Gasteiger partial charge in [-0.3, -0.25) is 9.59 Å². The fraction of sp³-hybridized carbons (Fsp3) is 0.211. The normalized spacial score (nSPS) is 14.7. The van der Waals surface area contributed by atoms with E-state index in [-0.39, 0.29) is 17.8 Å². The van der Waals surface area contributed by atoms with Gasteiger partial charge in [0, 0.05) is 49.1 Å². The van der Waals surface area contributed by atoms with Gasteiger partial charge in [0.05, 0.1) is 0 Å². The van der Waals surface area contributed by atoms with Crippen molar-refractivity contribution in [1.82, 2.24) is 15.5 Å². The highest BCUT2D eigenvalue weighted by atomic mass is 16.2. The topological polar surface area (TPSA) is 90.5 Å². The number of rotatable bonds is 3. The first-order valence-electron chi connectivity index (χ1n) is 8.35. The molecular weight excluding hydrogens is 332 g/mol. The summed E-state index contributed by atoms with van der Waals surface area (Å²) in [6.45, 7) is 1.33. The van der Waals surface area contributed by atoms with Gasteiger partial charge in [0.2, 0.25) is 0 Å². The Bertz CT molecular complexity index is 938. The number of fused-ring (bicyclic) bond motifs is 2. The number of benzene rings is 2. The highest BCUT2D eigenvalue weighted by Gasteiger charge is 2.24. The van der Waals surface area contributed by atoms with Gasteiger partial charge in [-0.05, 0) is 29.3 Å². The van der Waals surface area contributed by atoms with Crippen LogP contribution in [0.2, 0.25) is 0 Å². The van der Waals surface area contributed by atoms with Crippen LogP contribution in [0.15, 0.2) is 36.4 Å². The first kappa shape index (κ1) is 16.1. The van der Waals surface area contributed by atoms with E-state index < -0.39 is 0 Å². The second kappa shape index (κ2) is 6.18. The van der Waals surface area contributed by atoms with Crippen molar-refractivity contribution in [2.45, 2.75) is 19.6 Å². The molecule has 0 saturated heterocycles. The zero-order chi connectivity index (χ0) is 18.3. The van der Waals surface area contributed by atoms with Gasteiger partial charge in [0.15, 0.2) is 0 Å². The van der Waals surface area contributed by atoms with Crippen LogP contribution in [-0.2, 0) is 19.6 Å². The van der Waals surface area contributed by atoms with E-state index in [1.807, 2.05) is 18.2 Å². The number of urea groups is 1. The standard InChI is InChI=1S/C19H18N4O3/c1-23-10-12-6-5-11(7-14(12)18(23)25)8-21-19(26)22-16-4-2-3-13-15(16)9-20-17(13)24/h2-7H,8-10H2,1H3,(H,20,24)(H2,21,22,26). The summed E-state index contributed by atoms with van der Waals surface area (Å²) in [4.78, 5) is 37.6. The average Bonchev–Trinajstić information content (AvgIpc) is 3.15. The molecule has 2 aromatic carbocycles. The third kappa shape index (κ3) is 2.77. The van der Waals surface area contributed by atoms with E-state index in [0.29, 0.717) is 36.4 Å². The van der Waals surface area contributed by atoms with Crippen LogP contribution in [0.4, 0.5) is 10.5 Å². The second-order valence-corrected chi connectivity index (χ2v) is 6.47. The lowest BCUT2D eigenvalue weighted by molar-refractivity contribution is 0.0816. The highest BCUT2D eigenvalue weighted by molar-refractivity contribution is 6.02. The second-order valence-electron chi connectivity index (χ2n) is 6.47. The van der Waals surface area contributed by atoms with Gasteiger partial charge < -0.3 is 20.9 Å². The number of amides is 4. The van der Waals surface area contributed by atoms with Crippen molar-refractivity contribution in [2.24, 2.45) is 0 Å². The van der Waals surface area contributed by atoms with Crippen LogP contribution in [0, 0.1) is 0 Å². The molecule has 3 N–H and O–H groups in total. The zero-order valence-electron chi connectivity index (χ0n) is 14.3. The van der Waals surface area contributed by atoms with Crippen molar-refractivity contribution in [2.75, 3.05) is 12.4 Å². The van der Waals surface area contributed by atoms with Crippen LogP contribution in [-0.4, -0.2) is 29.8 Å². The lowest BCUT2D eigenvalue weighted by Crippen LogP contribution is -2.28. The van der Waals surface area contributed by atoms with Crippen molar-refractivity contribution in [3.63, 3.8) is 0 Å². The molecule has 0 bridgehead atoms. The van der Waals surface area contributed by atoms with Crippen molar-refractivity contribution in [3.05, 3.63) is 64.2 Å². The van der Waals surface area contributed by atoms with Crippen LogP contribution < -0.4 is 16.0 Å². The molecule has 26 heavy (non-hydrogen) atoms. The first-order chi connectivity index (χ1) is 12.5. The Labute approximate surface area is 150 Å². The molecule has 0 aliphatic carbocycles. The smallest absolute Gasteiger partial charge is 0.319 e. The minimum absolute atomic E-state index is 0.00307. The summed E-state index contributed by atoms with van der Waals surface area (Å²) >= 11 is 0. The molecule has 2 aliphatic heterocycles. The van der Waals surface area contributed by atoms with Crippen LogP contribution >= 0.6 is 0 Å². The molecule has 2 heterocycles. The van der Waals surface area contributed by atoms with E-state index in [1.165, 1.54) is 0 Å². The molecular formula is C19H18N4O3. The SMILES string of the molecule is CN1Cc2ccc(CNC(=O)Nc3cccc4c3CNC4=O)cc2C1=O. The van der Waals surface area contributed by atoms with E-state index in [9.17, 15) is 14.4 Å². The molecule has 4 amide bonds. The van der Waals surface area contributed by atoms with Gasteiger partial charge >= 0.3 is 6.03 Å². The molecule has 0 fully saturated rings. The Balaban J connectivity index is 1.42. The summed E-state index contributed by atoms with van der Waals surface area (Å²) in [6, 6.07) is 10.5. The molecule has 0 saturated carbocycles. The predicted octanol–water partition coefficient (Wildman–Crippen LogP) is 1.84. The minimum Gasteiger partial charge on any atom is -0.348 e. The Morgan fingerprint density at radius 2 is 2.04 bits per heavy atom. The maximum atomic E-state index is 12.2. The van der Waals surface area contributed by atoms with Gasteiger partial charge in [0.25, 0.3) is 11.8 Å². The largest absolute Gasteiger partial charge is 0.348 e. The van der Waals surface area contributed by atoms with Crippen molar-refractivity contribution < 1.29 is 14.4 Å². The molecule has 7 nitrogen and oxygen atoms in total. The lowest BCUT2D eigenvalue weighted by Gasteiger charge is -2.11. The average molecular weight is 350 g/mol. The number of carbonyl (C=O) groups excluding carboxylic acids is 3. The van der Waals surface area contributed by atoms with Gasteiger partial charge in [0.1, 0.15) is 0 Å². The van der Waals surface area contributed by atoms with Gasteiger partial charge in [-0.25, -0.2) is 4.79 Å². The Morgan fingerprint density at radius 3 is 2.88 bits per heavy atom. The number of nitrogens with one attached hydrogen (secondary N) is 3. The third-order valence-corrected chi connectivity index (χ3v) is 4.71. The minimum atomic E-state index is -0.360. The molecule has 0 atom stereocenters. The first-order valence-corrected chi connectivity index (χ1v) is 8.35. The van der Waals surface area contributed by atoms with Crippen molar-refractivity contribution in [1.29, 1.82) is 0 Å². The van der Waals surface area contributed by atoms with E-state index in [4.69, 9.17) is 0 Å². The van der Waals surface area contributed by atoms with Crippen molar-refractivity contribution >= 4 is 23.5 Å². The number of hydrogen-bond donors (Lipinski definition) is 3. The summed E-state index contributed by atoms with van der Waals surface area (Å²) < 4.78 is 0. The maximum Gasteiger partial charge on any atom is 0.319 e. The fourth-order valence-electron chi connectivity index (χ4n) is 3.32. The number of nitrogens with zero attached hydrogens (tertiary/aromatic N) is 1. The number of carbonyl (C=O) groups is 3. The Morgan fingerprint density at radius 1 is 1.19 bits per heavy atom. The molecule has 2 aliphatic rings. The fourth-order valence-corrected chi connectivity index (χ4v) is 3.32. The number of anilines is 1. The van der Waals surface area contributed by atoms with Gasteiger partial charge in [-0.1, -0.05) is 18.2 Å². The summed E-state index contributed by atoms with van der Waals surface area (Å²) in [5, 5.41) is 8.31. The highest BCUT2D eigenvalue weighted by Crippen LogP contribution is 2.24. The molecule has 132 valence electrons. The molecule has 4 rings (SSSR count). The van der Waals surface area contributed by atoms with Gasteiger partial charge in [-0.2, -0.15) is 0 Å². The Hall–Kier alpha value is -3.35. The molecule has 7 heteroatoms. The molecule has 0 unspecified atom stereocenters. The predicted molar refractivity (Wildman–Crippen MR) is 95.7 cm³/mol. The van der Waals surface area contributed by atoms with Crippen LogP contribution in [0.1, 0.15) is 37.4 Å². The quantitative estimate of drug-likeness (QED) is 0.789. The summed E-state index contributed by atoms with van der Waals surface area (Å²) in [6.07, 6.45) is 0. The third-order valence-electron chi connectivity index (χ3n) is 4.71. The van der Waals surface area contributed by atoms with Crippen LogP contribution in [0.3, 0.4) is 0 Å². The molecule has 0 aromatic heterocycles. The zero-order valence-corrected chi connectivity index (χ0v) is 14.3. The summed E-state index contributed by atoms with van der Waals surface area (Å²) in [5.41, 5.74) is 4.55. The number of hydrogen-bond acceptors (Lipinski definition) is 3.